The van der Waals surface area contributed by atoms with Gasteiger partial charge in [0, 0.05) is 11.1 Å². The summed E-state index contributed by atoms with van der Waals surface area (Å²) in [4.78, 5) is -0.130. The predicted octanol–water partition coefficient (Wildman–Crippen LogP) is 4.14. The second-order valence-corrected chi connectivity index (χ2v) is 6.46. The van der Waals surface area contributed by atoms with Crippen LogP contribution in [0.5, 0.6) is 0 Å². The monoisotopic (exact) mass is 313 g/mol. The van der Waals surface area contributed by atoms with Gasteiger partial charge in [-0.15, -0.1) is 0 Å². The highest BCUT2D eigenvalue weighted by molar-refractivity contribution is 7.86. The molecule has 5 heteroatoms. The first-order valence-corrected chi connectivity index (χ1v) is 8.23. The molecule has 0 unspecified atom stereocenters. The van der Waals surface area contributed by atoms with Gasteiger partial charge in [0.2, 0.25) is 0 Å². The Labute approximate surface area is 129 Å². The third-order valence-electron chi connectivity index (χ3n) is 3.57. The van der Waals surface area contributed by atoms with Crippen molar-refractivity contribution in [2.45, 2.75) is 11.8 Å². The molecule has 0 aliphatic carbocycles. The van der Waals surface area contributed by atoms with E-state index in [1.54, 1.807) is 6.07 Å². The van der Waals surface area contributed by atoms with E-state index in [1.165, 1.54) is 6.07 Å². The van der Waals surface area contributed by atoms with Gasteiger partial charge in [0.25, 0.3) is 10.1 Å². The molecule has 0 radical (unpaired) electrons. The number of rotatable bonds is 3. The molecule has 3 rings (SSSR count). The van der Waals surface area contributed by atoms with Gasteiger partial charge in [0.1, 0.15) is 4.90 Å². The standard InChI is InChI=1S/C17H15NO3S/c1-12-6-2-5-9-15(12)18-17-14-8-4-3-7-13(14)10-11-16(17)22(19,20)21/h2-11,18H,1H3,(H,19,20,21). The summed E-state index contributed by atoms with van der Waals surface area (Å²) >= 11 is 0. The summed E-state index contributed by atoms with van der Waals surface area (Å²) < 4.78 is 32.9. The summed E-state index contributed by atoms with van der Waals surface area (Å²) in [5.41, 5.74) is 2.16. The Bertz CT molecular complexity index is 949. The van der Waals surface area contributed by atoms with Crippen LogP contribution in [0.2, 0.25) is 0 Å². The molecule has 3 aromatic rings. The molecule has 2 N–H and O–H groups in total. The van der Waals surface area contributed by atoms with E-state index in [4.69, 9.17) is 0 Å². The summed E-state index contributed by atoms with van der Waals surface area (Å²) in [5, 5.41) is 4.78. The number of anilines is 2. The van der Waals surface area contributed by atoms with Crippen molar-refractivity contribution in [2.75, 3.05) is 5.32 Å². The topological polar surface area (TPSA) is 66.4 Å². The van der Waals surface area contributed by atoms with Gasteiger partial charge in [-0.3, -0.25) is 4.55 Å². The van der Waals surface area contributed by atoms with Gasteiger partial charge in [0.05, 0.1) is 5.69 Å². The quantitative estimate of drug-likeness (QED) is 0.713. The van der Waals surface area contributed by atoms with Crippen LogP contribution >= 0.6 is 0 Å². The number of benzene rings is 3. The molecule has 0 heterocycles. The Morgan fingerprint density at radius 3 is 2.32 bits per heavy atom. The average molecular weight is 313 g/mol. The van der Waals surface area contributed by atoms with Crippen molar-refractivity contribution in [1.29, 1.82) is 0 Å². The van der Waals surface area contributed by atoms with Crippen LogP contribution in [0, 0.1) is 6.92 Å². The molecule has 0 spiro atoms. The van der Waals surface area contributed by atoms with Gasteiger partial charge in [-0.1, -0.05) is 48.5 Å². The molecule has 22 heavy (non-hydrogen) atoms. The fraction of sp³-hybridized carbons (Fsp3) is 0.0588. The van der Waals surface area contributed by atoms with Crippen molar-refractivity contribution in [2.24, 2.45) is 0 Å². The number of fused-ring (bicyclic) bond motifs is 1. The summed E-state index contributed by atoms with van der Waals surface area (Å²) in [5.74, 6) is 0. The lowest BCUT2D eigenvalue weighted by atomic mass is 10.1. The smallest absolute Gasteiger partial charge is 0.296 e. The Hall–Kier alpha value is -2.37. The Balaban J connectivity index is 2.28. The van der Waals surface area contributed by atoms with E-state index in [2.05, 4.69) is 5.32 Å². The van der Waals surface area contributed by atoms with E-state index in [1.807, 2.05) is 55.5 Å². The largest absolute Gasteiger partial charge is 0.354 e. The minimum Gasteiger partial charge on any atom is -0.354 e. The summed E-state index contributed by atoms with van der Waals surface area (Å²) in [6.07, 6.45) is 0. The lowest BCUT2D eigenvalue weighted by Gasteiger charge is -2.15. The Morgan fingerprint density at radius 1 is 0.909 bits per heavy atom. The molecule has 0 saturated heterocycles. The molecule has 0 amide bonds. The maximum atomic E-state index is 11.7. The van der Waals surface area contributed by atoms with Crippen LogP contribution in [0.1, 0.15) is 5.56 Å². The van der Waals surface area contributed by atoms with Crippen LogP contribution in [0.4, 0.5) is 11.4 Å². The molecule has 0 atom stereocenters. The molecule has 0 aliphatic heterocycles. The summed E-state index contributed by atoms with van der Waals surface area (Å²) in [7, 11) is -4.32. The van der Waals surface area contributed by atoms with Gasteiger partial charge in [0.15, 0.2) is 0 Å². The van der Waals surface area contributed by atoms with Crippen LogP contribution in [0.25, 0.3) is 10.8 Å². The Morgan fingerprint density at radius 2 is 1.59 bits per heavy atom. The molecular weight excluding hydrogens is 298 g/mol. The van der Waals surface area contributed by atoms with Crippen LogP contribution in [-0.2, 0) is 10.1 Å². The number of aryl methyl sites for hydroxylation is 1. The lowest BCUT2D eigenvalue weighted by Crippen LogP contribution is -2.04. The van der Waals surface area contributed by atoms with Crippen molar-refractivity contribution in [1.82, 2.24) is 0 Å². The van der Waals surface area contributed by atoms with E-state index in [-0.39, 0.29) is 4.90 Å². The molecule has 0 aliphatic rings. The first-order chi connectivity index (χ1) is 10.5. The maximum absolute atomic E-state index is 11.7. The van der Waals surface area contributed by atoms with Crippen LogP contribution in [-0.4, -0.2) is 13.0 Å². The van der Waals surface area contributed by atoms with Crippen molar-refractivity contribution in [3.63, 3.8) is 0 Å². The highest BCUT2D eigenvalue weighted by atomic mass is 32.2. The van der Waals surface area contributed by atoms with Crippen molar-refractivity contribution >= 4 is 32.3 Å². The molecule has 4 nitrogen and oxygen atoms in total. The SMILES string of the molecule is Cc1ccccc1Nc1c(S(=O)(=O)O)ccc2ccccc12. The van der Waals surface area contributed by atoms with Gasteiger partial charge in [-0.2, -0.15) is 8.42 Å². The first-order valence-electron chi connectivity index (χ1n) is 6.79. The second-order valence-electron chi connectivity index (χ2n) is 5.07. The number of para-hydroxylation sites is 1. The van der Waals surface area contributed by atoms with E-state index in [0.29, 0.717) is 5.69 Å². The van der Waals surface area contributed by atoms with Crippen LogP contribution < -0.4 is 5.32 Å². The van der Waals surface area contributed by atoms with Crippen LogP contribution in [0.3, 0.4) is 0 Å². The molecule has 0 saturated carbocycles. The average Bonchev–Trinajstić information content (AvgIpc) is 2.48. The first kappa shape index (κ1) is 14.6. The van der Waals surface area contributed by atoms with Gasteiger partial charge >= 0.3 is 0 Å². The van der Waals surface area contributed by atoms with Gasteiger partial charge < -0.3 is 5.32 Å². The van der Waals surface area contributed by atoms with Gasteiger partial charge in [-0.05, 0) is 30.0 Å². The molecule has 112 valence electrons. The molecular formula is C17H15NO3S. The van der Waals surface area contributed by atoms with Crippen LogP contribution in [0.15, 0.2) is 65.6 Å². The zero-order valence-electron chi connectivity index (χ0n) is 11.9. The summed E-state index contributed by atoms with van der Waals surface area (Å²) in [6.45, 7) is 1.93. The third kappa shape index (κ3) is 2.68. The fourth-order valence-corrected chi connectivity index (χ4v) is 3.10. The van der Waals surface area contributed by atoms with Crippen molar-refractivity contribution < 1.29 is 13.0 Å². The Kier molecular flexibility index (Phi) is 3.60. The van der Waals surface area contributed by atoms with Gasteiger partial charge in [-0.25, -0.2) is 0 Å². The van der Waals surface area contributed by atoms with E-state index in [0.717, 1.165) is 22.0 Å². The number of nitrogens with one attached hydrogen (secondary N) is 1. The highest BCUT2D eigenvalue weighted by Crippen LogP contribution is 2.33. The minimum atomic E-state index is -4.32. The molecule has 3 aromatic carbocycles. The fourth-order valence-electron chi connectivity index (χ4n) is 2.44. The zero-order valence-corrected chi connectivity index (χ0v) is 12.8. The highest BCUT2D eigenvalue weighted by Gasteiger charge is 2.18. The summed E-state index contributed by atoms with van der Waals surface area (Å²) in [6, 6.07) is 18.1. The zero-order chi connectivity index (χ0) is 15.7. The van der Waals surface area contributed by atoms with Crippen molar-refractivity contribution in [3.8, 4) is 0 Å². The minimum absolute atomic E-state index is 0.130. The molecule has 0 aromatic heterocycles. The number of hydrogen-bond donors (Lipinski definition) is 2. The second kappa shape index (κ2) is 5.44. The lowest BCUT2D eigenvalue weighted by molar-refractivity contribution is 0.483. The van der Waals surface area contributed by atoms with E-state index >= 15 is 0 Å². The predicted molar refractivity (Wildman–Crippen MR) is 88.2 cm³/mol. The number of hydrogen-bond acceptors (Lipinski definition) is 3. The van der Waals surface area contributed by atoms with E-state index in [9.17, 15) is 13.0 Å². The van der Waals surface area contributed by atoms with Crippen molar-refractivity contribution in [3.05, 3.63) is 66.2 Å². The van der Waals surface area contributed by atoms with E-state index < -0.39 is 10.1 Å². The maximum Gasteiger partial charge on any atom is 0.296 e. The normalized spacial score (nSPS) is 11.5. The molecule has 0 bridgehead atoms. The third-order valence-corrected chi connectivity index (χ3v) is 4.47. The molecule has 0 fully saturated rings.